The number of unbranched alkanes of at least 4 members (excludes halogenated alkanes) is 4. The van der Waals surface area contributed by atoms with Crippen LogP contribution in [0.4, 0.5) is 0 Å². The molecule has 0 amide bonds. The van der Waals surface area contributed by atoms with Crippen LogP contribution >= 0.6 is 0 Å². The van der Waals surface area contributed by atoms with E-state index >= 15 is 0 Å². The lowest BCUT2D eigenvalue weighted by molar-refractivity contribution is -0.0933. The number of hydrogen-bond acceptors (Lipinski definition) is 2. The number of carbonyl (C=O) groups is 1. The van der Waals surface area contributed by atoms with Crippen molar-refractivity contribution in [2.45, 2.75) is 90.4 Å². The third-order valence-corrected chi connectivity index (χ3v) is 8.44. The number of hydrogen-bond donors (Lipinski definition) is 1. The molecule has 4 saturated carbocycles. The van der Waals surface area contributed by atoms with Crippen LogP contribution in [0.1, 0.15) is 101 Å². The molecule has 0 spiro atoms. The highest BCUT2D eigenvalue weighted by Crippen LogP contribution is 2.63. The Bertz CT molecular complexity index is 657. The van der Waals surface area contributed by atoms with Crippen molar-refractivity contribution in [3.8, 4) is 5.75 Å². The van der Waals surface area contributed by atoms with Crippen molar-refractivity contribution in [2.75, 3.05) is 6.61 Å². The maximum Gasteiger partial charge on any atom is 0.335 e. The van der Waals surface area contributed by atoms with E-state index in [0.29, 0.717) is 11.0 Å². The molecular weight excluding hydrogens is 372 g/mol. The van der Waals surface area contributed by atoms with Gasteiger partial charge in [-0.2, -0.15) is 0 Å². The third kappa shape index (κ3) is 5.03. The Hall–Kier alpha value is -1.51. The zero-order valence-electron chi connectivity index (χ0n) is 18.8. The van der Waals surface area contributed by atoms with E-state index in [2.05, 4.69) is 6.92 Å². The quantitative estimate of drug-likeness (QED) is 0.365. The molecule has 1 unspecified atom stereocenters. The van der Waals surface area contributed by atoms with Crippen LogP contribution in [0.25, 0.3) is 0 Å². The molecule has 5 rings (SSSR count). The van der Waals surface area contributed by atoms with Gasteiger partial charge in [0.15, 0.2) is 0 Å². The number of aromatic carboxylic acids is 1. The maximum absolute atomic E-state index is 11.0. The average molecular weight is 413 g/mol. The molecule has 0 heterocycles. The van der Waals surface area contributed by atoms with Crippen molar-refractivity contribution in [1.82, 2.24) is 0 Å². The summed E-state index contributed by atoms with van der Waals surface area (Å²) >= 11 is 0. The Kier molecular flexibility index (Phi) is 7.05. The van der Waals surface area contributed by atoms with E-state index in [9.17, 15) is 4.79 Å². The lowest BCUT2D eigenvalue weighted by Crippen LogP contribution is -2.49. The van der Waals surface area contributed by atoms with Gasteiger partial charge in [-0.1, -0.05) is 39.0 Å². The van der Waals surface area contributed by atoms with Gasteiger partial charge in [0.2, 0.25) is 0 Å². The van der Waals surface area contributed by atoms with Gasteiger partial charge in [0, 0.05) is 0 Å². The second-order valence-electron chi connectivity index (χ2n) is 10.6. The molecule has 1 aromatic carbocycles. The first-order valence-corrected chi connectivity index (χ1v) is 12.5. The van der Waals surface area contributed by atoms with Crippen molar-refractivity contribution >= 4 is 5.97 Å². The third-order valence-electron chi connectivity index (χ3n) is 8.44. The summed E-state index contributed by atoms with van der Waals surface area (Å²) in [5, 5.41) is 9.07. The highest BCUT2D eigenvalue weighted by atomic mass is 16.5. The zero-order valence-corrected chi connectivity index (χ0v) is 18.8. The van der Waals surface area contributed by atoms with E-state index in [-0.39, 0.29) is 0 Å². The van der Waals surface area contributed by atoms with Crippen LogP contribution in [0.5, 0.6) is 5.75 Å². The van der Waals surface area contributed by atoms with Gasteiger partial charge >= 0.3 is 5.97 Å². The molecule has 0 saturated heterocycles. The Morgan fingerprint density at radius 3 is 2.13 bits per heavy atom. The van der Waals surface area contributed by atoms with Crippen LogP contribution in [0.3, 0.4) is 0 Å². The summed E-state index contributed by atoms with van der Waals surface area (Å²) in [6.45, 7) is 3.05. The second kappa shape index (κ2) is 9.75. The molecule has 1 N–H and O–H groups in total. The van der Waals surface area contributed by atoms with Crippen molar-refractivity contribution in [3.63, 3.8) is 0 Å². The molecule has 1 aromatic rings. The molecule has 30 heavy (non-hydrogen) atoms. The van der Waals surface area contributed by atoms with Crippen molar-refractivity contribution in [1.29, 1.82) is 0 Å². The summed E-state index contributed by atoms with van der Waals surface area (Å²) in [6.07, 6.45) is 18.3. The molecule has 4 fully saturated rings. The van der Waals surface area contributed by atoms with E-state index in [1.54, 1.807) is 24.3 Å². The minimum Gasteiger partial charge on any atom is -0.494 e. The molecule has 0 aliphatic heterocycles. The number of ether oxygens (including phenoxy) is 1. The van der Waals surface area contributed by atoms with Crippen LogP contribution in [0, 0.1) is 29.1 Å². The Labute approximate surface area is 182 Å². The first-order valence-electron chi connectivity index (χ1n) is 12.5. The van der Waals surface area contributed by atoms with Crippen LogP contribution < -0.4 is 4.74 Å². The lowest BCUT2D eigenvalue weighted by Gasteiger charge is -2.60. The molecule has 4 aliphatic rings. The molecule has 0 radical (unpaired) electrons. The van der Waals surface area contributed by atoms with Gasteiger partial charge in [-0.05, 0) is 105 Å². The SMILES string of the molecule is CCCCCCCC(CCOc1ccc(C(=O)O)cc1)C12CC3CC(CC(C3)C1)C2. The Morgan fingerprint density at radius 1 is 0.967 bits per heavy atom. The molecule has 0 aromatic heterocycles. The maximum atomic E-state index is 11.0. The summed E-state index contributed by atoms with van der Waals surface area (Å²) in [5.74, 6) is 3.72. The van der Waals surface area contributed by atoms with Crippen LogP contribution in [0.15, 0.2) is 24.3 Å². The van der Waals surface area contributed by atoms with Crippen molar-refractivity contribution in [3.05, 3.63) is 29.8 Å². The van der Waals surface area contributed by atoms with E-state index < -0.39 is 5.97 Å². The fraction of sp³-hybridized carbons (Fsp3) is 0.741. The van der Waals surface area contributed by atoms with Gasteiger partial charge in [-0.15, -0.1) is 0 Å². The number of carboxylic acids is 1. The van der Waals surface area contributed by atoms with Gasteiger partial charge in [0.25, 0.3) is 0 Å². The minimum absolute atomic E-state index is 0.320. The average Bonchev–Trinajstić information content (AvgIpc) is 2.71. The van der Waals surface area contributed by atoms with Crippen molar-refractivity contribution < 1.29 is 14.6 Å². The Balaban J connectivity index is 1.36. The number of rotatable bonds is 12. The topological polar surface area (TPSA) is 46.5 Å². The smallest absolute Gasteiger partial charge is 0.335 e. The van der Waals surface area contributed by atoms with Crippen LogP contribution in [-0.4, -0.2) is 17.7 Å². The normalized spacial score (nSPS) is 30.4. The number of carboxylic acid groups (broad SMARTS) is 1. The van der Waals surface area contributed by atoms with Gasteiger partial charge in [0.1, 0.15) is 5.75 Å². The molecule has 166 valence electrons. The molecule has 3 nitrogen and oxygen atoms in total. The highest BCUT2D eigenvalue weighted by Gasteiger charge is 2.53. The number of benzene rings is 1. The first-order chi connectivity index (χ1) is 14.6. The largest absolute Gasteiger partial charge is 0.494 e. The summed E-state index contributed by atoms with van der Waals surface area (Å²) in [5.41, 5.74) is 0.914. The summed E-state index contributed by atoms with van der Waals surface area (Å²) < 4.78 is 6.09. The van der Waals surface area contributed by atoms with Gasteiger partial charge in [-0.3, -0.25) is 0 Å². The summed E-state index contributed by atoms with van der Waals surface area (Å²) in [4.78, 5) is 11.0. The summed E-state index contributed by atoms with van der Waals surface area (Å²) in [7, 11) is 0. The second-order valence-corrected chi connectivity index (χ2v) is 10.6. The molecule has 4 aliphatic carbocycles. The fourth-order valence-electron chi connectivity index (χ4n) is 7.44. The molecular formula is C27H40O3. The van der Waals surface area contributed by atoms with E-state index in [1.807, 2.05) is 0 Å². The predicted octanol–water partition coefficient (Wildman–Crippen LogP) is 7.35. The molecule has 3 heteroatoms. The van der Waals surface area contributed by atoms with Gasteiger partial charge in [-0.25, -0.2) is 4.79 Å². The standard InChI is InChI=1S/C27H40O3/c1-2-3-4-5-6-7-24(12-13-30-25-10-8-23(9-11-25)26(28)29)27-17-20-14-21(18-27)16-22(15-20)19-27/h8-11,20-22,24H,2-7,12-19H2,1H3,(H,28,29). The van der Waals surface area contributed by atoms with Gasteiger partial charge in [0.05, 0.1) is 12.2 Å². The van der Waals surface area contributed by atoms with Crippen LogP contribution in [0.2, 0.25) is 0 Å². The Morgan fingerprint density at radius 2 is 1.57 bits per heavy atom. The van der Waals surface area contributed by atoms with E-state index in [0.717, 1.165) is 42.4 Å². The molecule has 1 atom stereocenters. The predicted molar refractivity (Wildman–Crippen MR) is 121 cm³/mol. The fourth-order valence-corrected chi connectivity index (χ4v) is 7.44. The minimum atomic E-state index is -0.883. The van der Waals surface area contributed by atoms with Crippen molar-refractivity contribution in [2.24, 2.45) is 29.1 Å². The van der Waals surface area contributed by atoms with E-state index in [4.69, 9.17) is 9.84 Å². The zero-order chi connectivity index (χ0) is 21.0. The van der Waals surface area contributed by atoms with E-state index in [1.165, 1.54) is 77.0 Å². The van der Waals surface area contributed by atoms with Gasteiger partial charge < -0.3 is 9.84 Å². The molecule has 4 bridgehead atoms. The summed E-state index contributed by atoms with van der Waals surface area (Å²) in [6, 6.07) is 6.88. The first kappa shape index (κ1) is 21.7. The lowest BCUT2D eigenvalue weighted by atomic mass is 9.46. The van der Waals surface area contributed by atoms with Crippen LogP contribution in [-0.2, 0) is 0 Å². The monoisotopic (exact) mass is 412 g/mol. The highest BCUT2D eigenvalue weighted by molar-refractivity contribution is 5.87.